The lowest BCUT2D eigenvalue weighted by Gasteiger charge is -2.11. The fourth-order valence-electron chi connectivity index (χ4n) is 3.33. The Kier molecular flexibility index (Phi) is 8.91. The van der Waals surface area contributed by atoms with Crippen LogP contribution in [0.25, 0.3) is 6.08 Å². The van der Waals surface area contributed by atoms with E-state index in [0.29, 0.717) is 22.6 Å². The van der Waals surface area contributed by atoms with E-state index in [1.54, 1.807) is 73.8 Å². The van der Waals surface area contributed by atoms with Crippen LogP contribution >= 0.6 is 23.1 Å². The highest BCUT2D eigenvalue weighted by atomic mass is 32.2. The second kappa shape index (κ2) is 12.7. The summed E-state index contributed by atoms with van der Waals surface area (Å²) in [5, 5.41) is 9.35. The highest BCUT2D eigenvalue weighted by molar-refractivity contribution is 8.00. The molecule has 0 aliphatic rings. The van der Waals surface area contributed by atoms with E-state index in [9.17, 15) is 14.4 Å². The SMILES string of the molecule is COc1cccc(C(=O)CSc2ccc(NC(=O)/C(=C/c3ccsc3)NC(=O)c3ccccc3)cc2)c1. The normalized spacial score (nSPS) is 11.0. The van der Waals surface area contributed by atoms with Gasteiger partial charge in [0.1, 0.15) is 11.4 Å². The molecule has 0 aliphatic carbocycles. The molecule has 0 aliphatic heterocycles. The standard InChI is InChI=1S/C29H24N2O4S2/c1-35-24-9-5-8-22(17-24)27(32)19-37-25-12-10-23(11-13-25)30-29(34)26(16-20-14-15-36-18-20)31-28(33)21-6-3-2-4-7-21/h2-18H,19H2,1H3,(H,30,34)(H,31,33)/b26-16-. The molecule has 2 N–H and O–H groups in total. The van der Waals surface area contributed by atoms with E-state index in [-0.39, 0.29) is 23.1 Å². The zero-order valence-electron chi connectivity index (χ0n) is 20.0. The first-order valence-electron chi connectivity index (χ1n) is 11.3. The smallest absolute Gasteiger partial charge is 0.272 e. The number of methoxy groups -OCH3 is 1. The predicted octanol–water partition coefficient (Wildman–Crippen LogP) is 6.14. The van der Waals surface area contributed by atoms with Gasteiger partial charge in [-0.25, -0.2) is 0 Å². The van der Waals surface area contributed by atoms with Gasteiger partial charge in [-0.1, -0.05) is 30.3 Å². The molecule has 4 rings (SSSR count). The molecule has 1 heterocycles. The fourth-order valence-corrected chi connectivity index (χ4v) is 4.74. The Balaban J connectivity index is 1.39. The van der Waals surface area contributed by atoms with Gasteiger partial charge in [0.25, 0.3) is 11.8 Å². The second-order valence-electron chi connectivity index (χ2n) is 7.86. The lowest BCUT2D eigenvalue weighted by molar-refractivity contribution is -0.113. The molecule has 0 saturated heterocycles. The van der Waals surface area contributed by atoms with Gasteiger partial charge in [0.05, 0.1) is 12.9 Å². The molecule has 0 spiro atoms. The third kappa shape index (κ3) is 7.42. The molecule has 0 radical (unpaired) electrons. The fraction of sp³-hybridized carbons (Fsp3) is 0.0690. The largest absolute Gasteiger partial charge is 0.497 e. The van der Waals surface area contributed by atoms with Gasteiger partial charge in [-0.15, -0.1) is 11.8 Å². The molecule has 0 saturated carbocycles. The monoisotopic (exact) mass is 528 g/mol. The van der Waals surface area contributed by atoms with Gasteiger partial charge < -0.3 is 15.4 Å². The number of ketones is 1. The van der Waals surface area contributed by atoms with E-state index in [0.717, 1.165) is 10.5 Å². The van der Waals surface area contributed by atoms with Gasteiger partial charge in [0.2, 0.25) is 0 Å². The van der Waals surface area contributed by atoms with E-state index in [1.165, 1.54) is 23.1 Å². The Morgan fingerprint density at radius 2 is 1.68 bits per heavy atom. The molecule has 8 heteroatoms. The number of thiophene rings is 1. The predicted molar refractivity (Wildman–Crippen MR) is 149 cm³/mol. The average molecular weight is 529 g/mol. The van der Waals surface area contributed by atoms with Gasteiger partial charge in [-0.3, -0.25) is 14.4 Å². The lowest BCUT2D eigenvalue weighted by atomic mass is 10.1. The van der Waals surface area contributed by atoms with Crippen molar-refractivity contribution in [2.75, 3.05) is 18.2 Å². The molecule has 0 atom stereocenters. The quantitative estimate of drug-likeness (QED) is 0.147. The van der Waals surface area contributed by atoms with Gasteiger partial charge in [-0.2, -0.15) is 11.3 Å². The van der Waals surface area contributed by atoms with Gasteiger partial charge in [-0.05, 0) is 77.0 Å². The van der Waals surface area contributed by atoms with E-state index in [4.69, 9.17) is 4.74 Å². The van der Waals surface area contributed by atoms with E-state index in [1.807, 2.05) is 35.0 Å². The topological polar surface area (TPSA) is 84.5 Å². The van der Waals surface area contributed by atoms with Crippen molar-refractivity contribution in [3.63, 3.8) is 0 Å². The first kappa shape index (κ1) is 25.9. The summed E-state index contributed by atoms with van der Waals surface area (Å²) in [4.78, 5) is 39.2. The Morgan fingerprint density at radius 1 is 0.919 bits per heavy atom. The second-order valence-corrected chi connectivity index (χ2v) is 9.69. The van der Waals surface area contributed by atoms with Crippen molar-refractivity contribution in [1.29, 1.82) is 0 Å². The third-order valence-corrected chi connectivity index (χ3v) is 6.97. The number of ether oxygens (including phenoxy) is 1. The molecule has 37 heavy (non-hydrogen) atoms. The Morgan fingerprint density at radius 3 is 2.38 bits per heavy atom. The first-order valence-corrected chi connectivity index (χ1v) is 13.3. The molecule has 1 aromatic heterocycles. The van der Waals surface area contributed by atoms with Crippen molar-refractivity contribution in [3.05, 3.63) is 118 Å². The zero-order valence-corrected chi connectivity index (χ0v) is 21.6. The zero-order chi connectivity index (χ0) is 26.0. The summed E-state index contributed by atoms with van der Waals surface area (Å²) in [5.74, 6) is 0.105. The minimum atomic E-state index is -0.441. The van der Waals surface area contributed by atoms with Crippen LogP contribution in [0.1, 0.15) is 26.3 Å². The van der Waals surface area contributed by atoms with Crippen LogP contribution in [0.15, 0.2) is 106 Å². The van der Waals surface area contributed by atoms with E-state index < -0.39 is 5.91 Å². The highest BCUT2D eigenvalue weighted by Crippen LogP contribution is 2.23. The van der Waals surface area contributed by atoms with Crippen LogP contribution < -0.4 is 15.4 Å². The van der Waals surface area contributed by atoms with Crippen LogP contribution in [0, 0.1) is 0 Å². The number of carbonyl (C=O) groups is 3. The van der Waals surface area contributed by atoms with Crippen LogP contribution in [-0.4, -0.2) is 30.5 Å². The van der Waals surface area contributed by atoms with Gasteiger partial charge >= 0.3 is 0 Å². The summed E-state index contributed by atoms with van der Waals surface area (Å²) in [7, 11) is 1.57. The van der Waals surface area contributed by atoms with E-state index in [2.05, 4.69) is 10.6 Å². The number of rotatable bonds is 10. The number of carbonyl (C=O) groups excluding carboxylic acids is 3. The third-order valence-electron chi connectivity index (χ3n) is 5.26. The van der Waals surface area contributed by atoms with Crippen molar-refractivity contribution in [2.45, 2.75) is 4.90 Å². The molecule has 0 unspecified atom stereocenters. The number of hydrogen-bond acceptors (Lipinski definition) is 6. The van der Waals surface area contributed by atoms with Crippen LogP contribution in [0.4, 0.5) is 5.69 Å². The first-order chi connectivity index (χ1) is 18.0. The van der Waals surface area contributed by atoms with Crippen molar-refractivity contribution >= 4 is 52.5 Å². The number of Topliss-reactive ketones (excluding diaryl/α,β-unsaturated/α-hetero) is 1. The minimum absolute atomic E-state index is 0.00125. The lowest BCUT2D eigenvalue weighted by Crippen LogP contribution is -2.30. The molecule has 0 bridgehead atoms. The number of anilines is 1. The number of nitrogens with one attached hydrogen (secondary N) is 2. The van der Waals surface area contributed by atoms with Gasteiger partial charge in [0.15, 0.2) is 5.78 Å². The molecule has 0 fully saturated rings. The number of thioether (sulfide) groups is 1. The Labute approximate surface area is 223 Å². The molecular weight excluding hydrogens is 504 g/mol. The van der Waals surface area contributed by atoms with Gasteiger partial charge in [0, 0.05) is 21.7 Å². The molecule has 2 amide bonds. The minimum Gasteiger partial charge on any atom is -0.497 e. The van der Waals surface area contributed by atoms with E-state index >= 15 is 0 Å². The number of hydrogen-bond donors (Lipinski definition) is 2. The molecule has 4 aromatic rings. The van der Waals surface area contributed by atoms with Crippen LogP contribution in [0.2, 0.25) is 0 Å². The highest BCUT2D eigenvalue weighted by Gasteiger charge is 2.15. The summed E-state index contributed by atoms with van der Waals surface area (Å²) in [5.41, 5.74) is 2.57. The van der Waals surface area contributed by atoms with Crippen LogP contribution in [0.5, 0.6) is 5.75 Å². The van der Waals surface area contributed by atoms with Crippen molar-refractivity contribution in [2.24, 2.45) is 0 Å². The molecule has 3 aromatic carbocycles. The van der Waals surface area contributed by atoms with Crippen molar-refractivity contribution in [3.8, 4) is 5.75 Å². The van der Waals surface area contributed by atoms with Crippen LogP contribution in [-0.2, 0) is 4.79 Å². The maximum atomic E-state index is 13.1. The average Bonchev–Trinajstić information content (AvgIpc) is 3.46. The molecule has 6 nitrogen and oxygen atoms in total. The molecular formula is C29H24N2O4S2. The maximum Gasteiger partial charge on any atom is 0.272 e. The molecule has 186 valence electrons. The van der Waals surface area contributed by atoms with Crippen LogP contribution in [0.3, 0.4) is 0 Å². The number of amides is 2. The summed E-state index contributed by atoms with van der Waals surface area (Å²) >= 11 is 2.91. The summed E-state index contributed by atoms with van der Waals surface area (Å²) < 4.78 is 5.18. The van der Waals surface area contributed by atoms with Crippen molar-refractivity contribution < 1.29 is 19.1 Å². The van der Waals surface area contributed by atoms with Crippen molar-refractivity contribution in [1.82, 2.24) is 5.32 Å². The number of benzene rings is 3. The maximum absolute atomic E-state index is 13.1. The summed E-state index contributed by atoms with van der Waals surface area (Å²) in [6.07, 6.45) is 1.64. The Bertz CT molecular complexity index is 1400. The Hall–Kier alpha value is -4.14. The summed E-state index contributed by atoms with van der Waals surface area (Å²) in [6.45, 7) is 0. The summed E-state index contributed by atoms with van der Waals surface area (Å²) in [6, 6.07) is 24.9.